The number of phenols is 2. The average molecular weight is 400 g/mol. The van der Waals surface area contributed by atoms with Gasteiger partial charge in [0.15, 0.2) is 11.5 Å². The molecule has 7 nitrogen and oxygen atoms in total. The number of carbonyl (C=O) groups is 2. The number of ether oxygens (including phenoxy) is 2. The van der Waals surface area contributed by atoms with Crippen LogP contribution in [0.25, 0.3) is 0 Å². The number of aromatic hydroxyl groups is 2. The van der Waals surface area contributed by atoms with Crippen molar-refractivity contribution in [2.45, 2.75) is 12.5 Å². The second-order valence-corrected chi connectivity index (χ2v) is 5.44. The molecule has 0 saturated heterocycles. The van der Waals surface area contributed by atoms with E-state index in [1.165, 1.54) is 30.3 Å². The van der Waals surface area contributed by atoms with Gasteiger partial charge in [-0.2, -0.15) is 0 Å². The van der Waals surface area contributed by atoms with E-state index >= 15 is 0 Å². The number of esters is 2. The van der Waals surface area contributed by atoms with Gasteiger partial charge < -0.3 is 25.4 Å². The Morgan fingerprint density at radius 2 is 1.63 bits per heavy atom. The maximum Gasteiger partial charge on any atom is 0.338 e. The maximum absolute atomic E-state index is 12.8. The van der Waals surface area contributed by atoms with Gasteiger partial charge in [0.05, 0.1) is 5.56 Å². The van der Waals surface area contributed by atoms with Crippen LogP contribution in [0.5, 0.6) is 11.5 Å². The van der Waals surface area contributed by atoms with Crippen molar-refractivity contribution in [3.8, 4) is 11.5 Å². The Morgan fingerprint density at radius 3 is 2.26 bits per heavy atom. The number of rotatable bonds is 7. The zero-order valence-electron chi connectivity index (χ0n) is 14.1. The van der Waals surface area contributed by atoms with Gasteiger partial charge in [0.1, 0.15) is 25.1 Å². The van der Waals surface area contributed by atoms with Crippen LogP contribution in [0.1, 0.15) is 15.9 Å². The van der Waals surface area contributed by atoms with Gasteiger partial charge in [0, 0.05) is 0 Å². The number of carbonyl (C=O) groups excluding carboxylic acids is 2. The minimum atomic E-state index is -0.980. The molecule has 146 valence electrons. The third-order valence-electron chi connectivity index (χ3n) is 3.44. The molecule has 2 aromatic carbocycles. The van der Waals surface area contributed by atoms with Crippen LogP contribution in [-0.4, -0.2) is 41.4 Å². The summed E-state index contributed by atoms with van der Waals surface area (Å²) in [5.41, 5.74) is 6.45. The molecule has 0 bridgehead atoms. The van der Waals surface area contributed by atoms with Crippen LogP contribution >= 0.6 is 12.4 Å². The highest BCUT2D eigenvalue weighted by molar-refractivity contribution is 5.89. The SMILES string of the molecule is Cl.N[C@@H](Cc1ccc(O)c(O)c1)C(=O)OCCOC(=O)c1ccc(F)cc1. The van der Waals surface area contributed by atoms with Crippen molar-refractivity contribution in [1.29, 1.82) is 0 Å². The molecule has 0 aliphatic rings. The zero-order chi connectivity index (χ0) is 19.1. The van der Waals surface area contributed by atoms with E-state index in [4.69, 9.17) is 15.2 Å². The molecule has 0 fully saturated rings. The van der Waals surface area contributed by atoms with Crippen LogP contribution in [0.15, 0.2) is 42.5 Å². The molecule has 1 atom stereocenters. The van der Waals surface area contributed by atoms with Gasteiger partial charge in [-0.25, -0.2) is 9.18 Å². The Morgan fingerprint density at radius 1 is 1.00 bits per heavy atom. The number of nitrogens with two attached hydrogens (primary N) is 1. The van der Waals surface area contributed by atoms with E-state index in [0.717, 1.165) is 12.1 Å². The van der Waals surface area contributed by atoms with Crippen LogP contribution in [-0.2, 0) is 20.7 Å². The first-order valence-electron chi connectivity index (χ1n) is 7.72. The molecule has 9 heteroatoms. The summed E-state index contributed by atoms with van der Waals surface area (Å²) in [7, 11) is 0. The molecule has 2 aromatic rings. The summed E-state index contributed by atoms with van der Waals surface area (Å²) in [5.74, 6) is -2.41. The monoisotopic (exact) mass is 399 g/mol. The molecule has 27 heavy (non-hydrogen) atoms. The molecule has 0 aliphatic heterocycles. The number of hydrogen-bond donors (Lipinski definition) is 3. The van der Waals surface area contributed by atoms with E-state index in [0.29, 0.717) is 5.56 Å². The van der Waals surface area contributed by atoms with Gasteiger partial charge in [0.2, 0.25) is 0 Å². The van der Waals surface area contributed by atoms with E-state index in [2.05, 4.69) is 0 Å². The molecule has 0 heterocycles. The number of benzene rings is 2. The Balaban J connectivity index is 0.00000364. The summed E-state index contributed by atoms with van der Waals surface area (Å²) in [6.07, 6.45) is 0.0992. The summed E-state index contributed by atoms with van der Waals surface area (Å²) in [5, 5.41) is 18.6. The second-order valence-electron chi connectivity index (χ2n) is 5.44. The molecule has 0 amide bonds. The van der Waals surface area contributed by atoms with E-state index in [1.54, 1.807) is 0 Å². The largest absolute Gasteiger partial charge is 0.504 e. The third-order valence-corrected chi connectivity index (χ3v) is 3.44. The lowest BCUT2D eigenvalue weighted by atomic mass is 10.1. The van der Waals surface area contributed by atoms with Crippen molar-refractivity contribution in [3.63, 3.8) is 0 Å². The van der Waals surface area contributed by atoms with Crippen molar-refractivity contribution in [3.05, 3.63) is 59.4 Å². The maximum atomic E-state index is 12.8. The Hall–Kier alpha value is -2.84. The quantitative estimate of drug-likeness (QED) is 0.369. The van der Waals surface area contributed by atoms with Crippen LogP contribution < -0.4 is 5.73 Å². The van der Waals surface area contributed by atoms with E-state index < -0.39 is 23.8 Å². The Bertz CT molecular complexity index is 784. The number of phenolic OH excluding ortho intramolecular Hbond substituents is 2. The molecule has 0 radical (unpaired) electrons. The third kappa shape index (κ3) is 6.76. The van der Waals surface area contributed by atoms with Gasteiger partial charge in [-0.3, -0.25) is 4.79 Å². The van der Waals surface area contributed by atoms with Crippen molar-refractivity contribution in [2.75, 3.05) is 13.2 Å². The summed E-state index contributed by atoms with van der Waals surface area (Å²) in [6, 6.07) is 7.97. The highest BCUT2D eigenvalue weighted by atomic mass is 35.5. The summed E-state index contributed by atoms with van der Waals surface area (Å²) >= 11 is 0. The van der Waals surface area contributed by atoms with Crippen LogP contribution in [0.2, 0.25) is 0 Å². The summed E-state index contributed by atoms with van der Waals surface area (Å²) in [6.45, 7) is -0.352. The van der Waals surface area contributed by atoms with Crippen LogP contribution in [0.4, 0.5) is 4.39 Å². The lowest BCUT2D eigenvalue weighted by Gasteiger charge is -2.12. The molecule has 0 spiro atoms. The Labute approximate surface area is 160 Å². The van der Waals surface area contributed by atoms with Crippen molar-refractivity contribution >= 4 is 24.3 Å². The fraction of sp³-hybridized carbons (Fsp3) is 0.222. The predicted octanol–water partition coefficient (Wildman–Crippen LogP) is 1.93. The average Bonchev–Trinajstić information content (AvgIpc) is 2.62. The lowest BCUT2D eigenvalue weighted by Crippen LogP contribution is -2.35. The fourth-order valence-corrected chi connectivity index (χ4v) is 2.09. The van der Waals surface area contributed by atoms with E-state index in [1.807, 2.05) is 0 Å². The zero-order valence-corrected chi connectivity index (χ0v) is 14.9. The van der Waals surface area contributed by atoms with Crippen molar-refractivity contribution in [1.82, 2.24) is 0 Å². The predicted molar refractivity (Wildman–Crippen MR) is 96.3 cm³/mol. The first kappa shape index (κ1) is 22.2. The van der Waals surface area contributed by atoms with E-state index in [9.17, 15) is 24.2 Å². The first-order valence-corrected chi connectivity index (χ1v) is 7.72. The standard InChI is InChI=1S/C18H18FNO6.ClH/c19-13-4-2-12(3-5-13)17(23)25-7-8-26-18(24)14(20)9-11-1-6-15(21)16(22)10-11;/h1-6,10,14,21-22H,7-9,20H2;1H/t14-;/m0./s1. The summed E-state index contributed by atoms with van der Waals surface area (Å²) < 4.78 is 22.6. The highest BCUT2D eigenvalue weighted by Gasteiger charge is 2.17. The number of hydrogen-bond acceptors (Lipinski definition) is 7. The lowest BCUT2D eigenvalue weighted by molar-refractivity contribution is -0.146. The van der Waals surface area contributed by atoms with Gasteiger partial charge >= 0.3 is 11.9 Å². The second kappa shape index (κ2) is 10.3. The molecule has 0 aliphatic carbocycles. The Kier molecular flexibility index (Phi) is 8.50. The minimum absolute atomic E-state index is 0. The first-order chi connectivity index (χ1) is 12.4. The summed E-state index contributed by atoms with van der Waals surface area (Å²) in [4.78, 5) is 23.5. The molecule has 0 saturated carbocycles. The van der Waals surface area contributed by atoms with Crippen LogP contribution in [0, 0.1) is 5.82 Å². The topological polar surface area (TPSA) is 119 Å². The van der Waals surface area contributed by atoms with Crippen molar-refractivity contribution in [2.24, 2.45) is 5.73 Å². The van der Waals surface area contributed by atoms with E-state index in [-0.39, 0.29) is 49.1 Å². The fourth-order valence-electron chi connectivity index (χ4n) is 2.09. The van der Waals surface area contributed by atoms with Gasteiger partial charge in [-0.05, 0) is 48.4 Å². The molecule has 4 N–H and O–H groups in total. The van der Waals surface area contributed by atoms with Gasteiger partial charge in [-0.15, -0.1) is 12.4 Å². The smallest absolute Gasteiger partial charge is 0.338 e. The molecular weight excluding hydrogens is 381 g/mol. The molecule has 0 unspecified atom stereocenters. The number of halogens is 2. The molecular formula is C18H19ClFNO6. The normalized spacial score (nSPS) is 11.2. The van der Waals surface area contributed by atoms with Gasteiger partial charge in [-0.1, -0.05) is 6.07 Å². The highest BCUT2D eigenvalue weighted by Crippen LogP contribution is 2.25. The van der Waals surface area contributed by atoms with Crippen molar-refractivity contribution < 1.29 is 33.7 Å². The van der Waals surface area contributed by atoms with Crippen LogP contribution in [0.3, 0.4) is 0 Å². The van der Waals surface area contributed by atoms with Gasteiger partial charge in [0.25, 0.3) is 0 Å². The molecule has 0 aromatic heterocycles. The minimum Gasteiger partial charge on any atom is -0.504 e. The molecule has 2 rings (SSSR count).